The van der Waals surface area contributed by atoms with Crippen molar-refractivity contribution in [1.29, 1.82) is 0 Å². The molecule has 2 aliphatic rings. The summed E-state index contributed by atoms with van der Waals surface area (Å²) in [7, 11) is 3.92. The predicted molar refractivity (Wildman–Crippen MR) is 125 cm³/mol. The van der Waals surface area contributed by atoms with E-state index < -0.39 is 11.6 Å². The summed E-state index contributed by atoms with van der Waals surface area (Å²) >= 11 is 0. The van der Waals surface area contributed by atoms with Crippen LogP contribution in [-0.4, -0.2) is 71.8 Å². The maximum absolute atomic E-state index is 13.3. The SMILES string of the molecule is CN(C)CCN(Cc1ccccc1)C(=O)CN1C(=O)NC2(CCC(C(C)(C)C)CC2)C1=O. The summed E-state index contributed by atoms with van der Waals surface area (Å²) < 4.78 is 0. The number of hydrogen-bond acceptors (Lipinski definition) is 4. The Hall–Kier alpha value is -2.41. The van der Waals surface area contributed by atoms with Gasteiger partial charge in [-0.3, -0.25) is 14.5 Å². The zero-order chi connectivity index (χ0) is 23.5. The molecule has 1 saturated carbocycles. The highest BCUT2D eigenvalue weighted by atomic mass is 16.2. The number of rotatable bonds is 7. The van der Waals surface area contributed by atoms with E-state index in [0.717, 1.165) is 23.3 Å². The molecule has 2 fully saturated rings. The fourth-order valence-electron chi connectivity index (χ4n) is 4.79. The molecule has 32 heavy (non-hydrogen) atoms. The highest BCUT2D eigenvalue weighted by Crippen LogP contribution is 2.43. The number of hydrogen-bond donors (Lipinski definition) is 1. The second kappa shape index (κ2) is 9.61. The van der Waals surface area contributed by atoms with Crippen molar-refractivity contribution in [3.05, 3.63) is 35.9 Å². The molecule has 1 N–H and O–H groups in total. The summed E-state index contributed by atoms with van der Waals surface area (Å²) in [5.41, 5.74) is 0.370. The molecule has 1 saturated heterocycles. The number of urea groups is 1. The molecular formula is C25H38N4O3. The van der Waals surface area contributed by atoms with Crippen molar-refractivity contribution in [1.82, 2.24) is 20.0 Å². The summed E-state index contributed by atoms with van der Waals surface area (Å²) in [6.45, 7) is 8.16. The van der Waals surface area contributed by atoms with Gasteiger partial charge in [0.1, 0.15) is 12.1 Å². The van der Waals surface area contributed by atoms with Crippen molar-refractivity contribution in [2.24, 2.45) is 11.3 Å². The first-order valence-corrected chi connectivity index (χ1v) is 11.6. The molecule has 1 aliphatic heterocycles. The minimum Gasteiger partial charge on any atom is -0.336 e. The summed E-state index contributed by atoms with van der Waals surface area (Å²) in [4.78, 5) is 44.1. The van der Waals surface area contributed by atoms with Crippen LogP contribution >= 0.6 is 0 Å². The minimum absolute atomic E-state index is 0.188. The molecule has 0 aromatic heterocycles. The maximum Gasteiger partial charge on any atom is 0.325 e. The molecule has 0 bridgehead atoms. The molecule has 3 rings (SSSR count). The van der Waals surface area contributed by atoms with Crippen LogP contribution in [0.15, 0.2) is 30.3 Å². The molecule has 0 unspecified atom stereocenters. The standard InChI is InChI=1S/C25H38N4O3/c1-24(2,3)20-11-13-25(14-12-20)22(31)29(23(32)26-25)18-21(30)28(16-15-27(4)5)17-19-9-7-6-8-10-19/h6-10,20H,11-18H2,1-5H3,(H,26,32). The number of amides is 4. The Morgan fingerprint density at radius 1 is 1.09 bits per heavy atom. The van der Waals surface area contributed by atoms with Crippen molar-refractivity contribution in [3.63, 3.8) is 0 Å². The summed E-state index contributed by atoms with van der Waals surface area (Å²) in [5.74, 6) is 0.0796. The van der Waals surface area contributed by atoms with E-state index in [0.29, 0.717) is 38.4 Å². The fourth-order valence-corrected chi connectivity index (χ4v) is 4.79. The lowest BCUT2D eigenvalue weighted by Gasteiger charge is -2.40. The third-order valence-electron chi connectivity index (χ3n) is 6.99. The lowest BCUT2D eigenvalue weighted by molar-refractivity contribution is -0.140. The molecular weight excluding hydrogens is 404 g/mol. The minimum atomic E-state index is -0.840. The van der Waals surface area contributed by atoms with Gasteiger partial charge in [0.25, 0.3) is 5.91 Å². The van der Waals surface area contributed by atoms with Crippen LogP contribution in [0.2, 0.25) is 0 Å². The molecule has 1 heterocycles. The number of benzene rings is 1. The van der Waals surface area contributed by atoms with Crippen LogP contribution in [0.3, 0.4) is 0 Å². The molecule has 176 valence electrons. The van der Waals surface area contributed by atoms with E-state index in [1.807, 2.05) is 49.3 Å². The Balaban J connectivity index is 1.68. The Bertz CT molecular complexity index is 823. The Kier molecular flexibility index (Phi) is 7.28. The topological polar surface area (TPSA) is 73.0 Å². The molecule has 1 aliphatic carbocycles. The monoisotopic (exact) mass is 442 g/mol. The van der Waals surface area contributed by atoms with Gasteiger partial charge in [0.05, 0.1) is 0 Å². The first kappa shape index (κ1) is 24.2. The summed E-state index contributed by atoms with van der Waals surface area (Å²) in [6, 6.07) is 9.35. The van der Waals surface area contributed by atoms with Crippen molar-refractivity contribution in [2.45, 2.75) is 58.5 Å². The summed E-state index contributed by atoms with van der Waals surface area (Å²) in [6.07, 6.45) is 3.08. The molecule has 1 aromatic carbocycles. The average Bonchev–Trinajstić information content (AvgIpc) is 2.95. The zero-order valence-corrected chi connectivity index (χ0v) is 20.2. The van der Waals surface area contributed by atoms with Gasteiger partial charge < -0.3 is 15.1 Å². The van der Waals surface area contributed by atoms with Crippen LogP contribution < -0.4 is 5.32 Å². The van der Waals surface area contributed by atoms with E-state index in [9.17, 15) is 14.4 Å². The zero-order valence-electron chi connectivity index (χ0n) is 20.2. The van der Waals surface area contributed by atoms with Gasteiger partial charge in [0.2, 0.25) is 5.91 Å². The van der Waals surface area contributed by atoms with Gasteiger partial charge >= 0.3 is 6.03 Å². The molecule has 1 spiro atoms. The number of carbonyl (C=O) groups excluding carboxylic acids is 3. The predicted octanol–water partition coefficient (Wildman–Crippen LogP) is 3.10. The Labute approximate surface area is 192 Å². The van der Waals surface area contributed by atoms with Gasteiger partial charge in [0, 0.05) is 19.6 Å². The first-order valence-electron chi connectivity index (χ1n) is 11.6. The number of likely N-dealkylation sites (N-methyl/N-ethyl adjacent to an activating group) is 1. The third-order valence-corrected chi connectivity index (χ3v) is 6.99. The smallest absolute Gasteiger partial charge is 0.325 e. The molecule has 4 amide bonds. The Morgan fingerprint density at radius 2 is 1.72 bits per heavy atom. The van der Waals surface area contributed by atoms with Crippen LogP contribution in [0, 0.1) is 11.3 Å². The van der Waals surface area contributed by atoms with Crippen LogP contribution in [0.25, 0.3) is 0 Å². The van der Waals surface area contributed by atoms with Gasteiger partial charge in [-0.05, 0) is 56.7 Å². The van der Waals surface area contributed by atoms with E-state index >= 15 is 0 Å². The lowest BCUT2D eigenvalue weighted by Crippen LogP contribution is -2.51. The van der Waals surface area contributed by atoms with Gasteiger partial charge in [-0.15, -0.1) is 0 Å². The second-order valence-corrected chi connectivity index (χ2v) is 10.6. The highest BCUT2D eigenvalue weighted by Gasteiger charge is 2.53. The third kappa shape index (κ3) is 5.49. The number of carbonyl (C=O) groups is 3. The normalized spacial score (nSPS) is 23.7. The van der Waals surface area contributed by atoms with Crippen molar-refractivity contribution in [2.75, 3.05) is 33.7 Å². The number of nitrogens with one attached hydrogen (secondary N) is 1. The molecule has 1 aromatic rings. The Morgan fingerprint density at radius 3 is 2.28 bits per heavy atom. The van der Waals surface area contributed by atoms with Crippen molar-refractivity contribution in [3.8, 4) is 0 Å². The van der Waals surface area contributed by atoms with Crippen LogP contribution in [-0.2, 0) is 16.1 Å². The fraction of sp³-hybridized carbons (Fsp3) is 0.640. The molecule has 7 heteroatoms. The number of imide groups is 1. The van der Waals surface area contributed by atoms with Crippen LogP contribution in [0.1, 0.15) is 52.0 Å². The summed E-state index contributed by atoms with van der Waals surface area (Å²) in [5, 5.41) is 2.94. The van der Waals surface area contributed by atoms with Crippen LogP contribution in [0.5, 0.6) is 0 Å². The van der Waals surface area contributed by atoms with E-state index in [2.05, 4.69) is 26.1 Å². The molecule has 0 atom stereocenters. The average molecular weight is 443 g/mol. The number of nitrogens with zero attached hydrogens (tertiary/aromatic N) is 3. The van der Waals surface area contributed by atoms with E-state index in [1.165, 1.54) is 0 Å². The van der Waals surface area contributed by atoms with Crippen LogP contribution in [0.4, 0.5) is 4.79 Å². The molecule has 0 radical (unpaired) electrons. The lowest BCUT2D eigenvalue weighted by atomic mass is 9.67. The second-order valence-electron chi connectivity index (χ2n) is 10.6. The quantitative estimate of drug-likeness (QED) is 0.659. The van der Waals surface area contributed by atoms with Gasteiger partial charge in [0.15, 0.2) is 0 Å². The van der Waals surface area contributed by atoms with E-state index in [4.69, 9.17) is 0 Å². The highest BCUT2D eigenvalue weighted by molar-refractivity contribution is 6.09. The van der Waals surface area contributed by atoms with E-state index in [1.54, 1.807) is 4.90 Å². The van der Waals surface area contributed by atoms with Gasteiger partial charge in [-0.25, -0.2) is 4.79 Å². The van der Waals surface area contributed by atoms with Gasteiger partial charge in [-0.2, -0.15) is 0 Å². The van der Waals surface area contributed by atoms with Gasteiger partial charge in [-0.1, -0.05) is 51.1 Å². The molecule has 7 nitrogen and oxygen atoms in total. The maximum atomic E-state index is 13.3. The largest absolute Gasteiger partial charge is 0.336 e. The van der Waals surface area contributed by atoms with Crippen molar-refractivity contribution < 1.29 is 14.4 Å². The van der Waals surface area contributed by atoms with Crippen molar-refractivity contribution >= 4 is 17.8 Å². The first-order chi connectivity index (χ1) is 15.0. The van der Waals surface area contributed by atoms with E-state index in [-0.39, 0.29) is 23.8 Å².